The number of unbranched alkanes of at least 4 members (excludes halogenated alkanes) is 1. The lowest BCUT2D eigenvalue weighted by molar-refractivity contribution is -0.160. The van der Waals surface area contributed by atoms with Crippen molar-refractivity contribution in [1.82, 2.24) is 57.5 Å². The van der Waals surface area contributed by atoms with E-state index in [0.717, 1.165) is 53.0 Å². The molecule has 0 bridgehead atoms. The van der Waals surface area contributed by atoms with E-state index < -0.39 is 132 Å². The number of hydrazine groups is 1. The Morgan fingerprint density at radius 1 is 0.688 bits per heavy atom. The van der Waals surface area contributed by atoms with Crippen LogP contribution in [0, 0.1) is 29.6 Å². The van der Waals surface area contributed by atoms with Gasteiger partial charge in [-0.05, 0) is 119 Å². The number of esters is 1. The number of piperidine rings is 1. The van der Waals surface area contributed by atoms with E-state index >= 15 is 0 Å². The van der Waals surface area contributed by atoms with E-state index in [2.05, 4.69) is 47.7 Å². The smallest absolute Gasteiger partial charge is 0.426 e. The van der Waals surface area contributed by atoms with Crippen molar-refractivity contribution in [3.8, 4) is 5.75 Å². The topological polar surface area (TPSA) is 474 Å². The molecule has 604 valence electrons. The number of benzene rings is 2. The van der Waals surface area contributed by atoms with Crippen molar-refractivity contribution in [3.63, 3.8) is 0 Å². The van der Waals surface area contributed by atoms with Crippen molar-refractivity contribution >= 4 is 116 Å². The lowest BCUT2D eigenvalue weighted by Gasteiger charge is -2.39. The van der Waals surface area contributed by atoms with Crippen molar-refractivity contribution in [2.75, 3.05) is 51.5 Å². The van der Waals surface area contributed by atoms with Gasteiger partial charge in [-0.3, -0.25) is 53.5 Å². The fourth-order valence-corrected chi connectivity index (χ4v) is 15.0. The summed E-state index contributed by atoms with van der Waals surface area (Å²) in [5.41, 5.74) is 5.94. The van der Waals surface area contributed by atoms with Gasteiger partial charge in [0, 0.05) is 91.4 Å². The summed E-state index contributed by atoms with van der Waals surface area (Å²) in [5, 5.41) is 65.3. The molecule has 1 aromatic heterocycles. The van der Waals surface area contributed by atoms with Gasteiger partial charge in [0.2, 0.25) is 17.7 Å². The van der Waals surface area contributed by atoms with E-state index in [1.807, 2.05) is 48.6 Å². The second kappa shape index (κ2) is 49.1. The number of ether oxygens (including phenoxy) is 2. The van der Waals surface area contributed by atoms with Gasteiger partial charge in [-0.15, -0.1) is 11.3 Å². The number of aromatic nitrogens is 1. The lowest BCUT2D eigenvalue weighted by atomic mass is 9.82. The number of aromatic hydroxyl groups is 1. The molecule has 4 rings (SSSR count). The number of likely N-dealkylation sites (tertiary alicyclic amines) is 1. The van der Waals surface area contributed by atoms with Gasteiger partial charge in [-0.1, -0.05) is 125 Å². The summed E-state index contributed by atoms with van der Waals surface area (Å²) in [4.78, 5) is 190. The number of urea groups is 2. The molecule has 32 nitrogen and oxygen atoms in total. The van der Waals surface area contributed by atoms with Crippen LogP contribution < -0.4 is 42.8 Å². The third-order valence-corrected chi connectivity index (χ3v) is 22.0. The molecule has 3 aromatic rings. The maximum Gasteiger partial charge on any atom is 0.426 e. The second-order valence-corrected chi connectivity index (χ2v) is 31.2. The van der Waals surface area contributed by atoms with Crippen molar-refractivity contribution in [2.45, 2.75) is 206 Å². The number of carbonyl (C=O) groups excluding carboxylic acids is 10. The number of nitrogens with one attached hydrogen (secondary N) is 8. The monoisotopic (exact) mass is 1580 g/mol. The van der Waals surface area contributed by atoms with E-state index in [9.17, 15) is 87.5 Å². The van der Waals surface area contributed by atoms with Gasteiger partial charge in [0.05, 0.1) is 23.5 Å². The van der Waals surface area contributed by atoms with Crippen molar-refractivity contribution in [2.24, 2.45) is 29.6 Å². The van der Waals surface area contributed by atoms with Gasteiger partial charge in [0.25, 0.3) is 5.91 Å². The molecule has 9 amide bonds. The molecule has 0 radical (unpaired) electrons. The normalized spacial score (nSPS) is 15.6. The Hall–Kier alpha value is -9.09. The van der Waals surface area contributed by atoms with Crippen LogP contribution in [0.2, 0.25) is 0 Å². The summed E-state index contributed by atoms with van der Waals surface area (Å²) in [5.74, 6) is -12.2. The second-order valence-electron chi connectivity index (χ2n) is 27.7. The summed E-state index contributed by atoms with van der Waals surface area (Å²) in [6, 6.07) is 7.08. The van der Waals surface area contributed by atoms with E-state index in [-0.39, 0.29) is 149 Å². The zero-order valence-electron chi connectivity index (χ0n) is 63.2. The minimum absolute atomic E-state index is 0.00293. The van der Waals surface area contributed by atoms with Crippen molar-refractivity contribution in [3.05, 3.63) is 81.8 Å². The number of carboxylic acid groups (broad SMARTS) is 4. The molecule has 0 saturated carbocycles. The molecule has 2 heterocycles. The maximum absolute atomic E-state index is 15.0. The fraction of sp³-hybridized carbons (Fsp3) is 0.608. The highest BCUT2D eigenvalue weighted by Gasteiger charge is 2.40. The Labute approximate surface area is 647 Å². The minimum Gasteiger partial charge on any atom is -0.508 e. The van der Waals surface area contributed by atoms with E-state index in [4.69, 9.17) is 19.6 Å². The number of nitrogens with zero attached hydrogens (tertiary/aromatic N) is 3. The first-order valence-electron chi connectivity index (χ1n) is 36.9. The number of carbonyl (C=O) groups is 14. The van der Waals surface area contributed by atoms with Crippen molar-refractivity contribution in [1.29, 1.82) is 0 Å². The summed E-state index contributed by atoms with van der Waals surface area (Å²) < 4.78 is 11.0. The number of ketones is 2. The first-order chi connectivity index (χ1) is 51.8. The number of aliphatic carboxylic acids is 4. The Kier molecular flexibility index (Phi) is 41.6. The highest BCUT2D eigenvalue weighted by Crippen LogP contribution is 2.33. The van der Waals surface area contributed by atoms with Crippen LogP contribution in [0.3, 0.4) is 0 Å². The number of amides is 9. The average molecular weight is 1580 g/mol. The molecule has 0 spiro atoms. The molecule has 11 atom stereocenters. The van der Waals surface area contributed by atoms with Crippen LogP contribution >= 0.6 is 32.9 Å². The van der Waals surface area contributed by atoms with E-state index in [1.54, 1.807) is 59.7 Å². The van der Waals surface area contributed by atoms with Gasteiger partial charge in [-0.2, -0.15) is 0 Å². The predicted octanol–water partition coefficient (Wildman–Crippen LogP) is 7.43. The number of rotatable bonds is 50. The zero-order valence-corrected chi connectivity index (χ0v) is 65.7. The third-order valence-electron chi connectivity index (χ3n) is 18.6. The van der Waals surface area contributed by atoms with Gasteiger partial charge >= 0.3 is 48.0 Å². The molecule has 1 aliphatic heterocycles. The molecule has 0 aliphatic carbocycles. The summed E-state index contributed by atoms with van der Waals surface area (Å²) in [6.07, 6.45) is 2.40. The summed E-state index contributed by atoms with van der Waals surface area (Å²) in [6.45, 7) is 13.5. The van der Waals surface area contributed by atoms with Crippen LogP contribution in [-0.4, -0.2) is 211 Å². The Bertz CT molecular complexity index is 3480. The van der Waals surface area contributed by atoms with E-state index in [1.165, 1.54) is 23.5 Å². The molecular weight excluding hydrogens is 1480 g/mol. The molecule has 1 saturated heterocycles. The largest absolute Gasteiger partial charge is 0.508 e. The molecule has 13 N–H and O–H groups in total. The number of thiazole rings is 1. The van der Waals surface area contributed by atoms with Crippen LogP contribution in [0.1, 0.15) is 184 Å². The molecule has 2 aromatic carbocycles. The van der Waals surface area contributed by atoms with Crippen LogP contribution in [0.4, 0.5) is 14.4 Å². The number of Topliss-reactive ketones (excluding diaryl/α,β-unsaturated/α-hetero) is 2. The zero-order chi connectivity index (χ0) is 80.7. The lowest BCUT2D eigenvalue weighted by Crippen LogP contribution is -2.50. The molecule has 35 heteroatoms. The van der Waals surface area contributed by atoms with Crippen LogP contribution in [0.15, 0.2) is 60.0 Å². The van der Waals surface area contributed by atoms with Crippen LogP contribution in [0.25, 0.3) is 0 Å². The Morgan fingerprint density at radius 3 is 1.97 bits per heavy atom. The Morgan fingerprint density at radius 2 is 1.35 bits per heavy atom. The van der Waals surface area contributed by atoms with Crippen LogP contribution in [-0.2, 0) is 70.3 Å². The fourth-order valence-electron chi connectivity index (χ4n) is 12.2. The standard InChI is InChI=1S/C74H109N11O21S3/c1-9-19-64(93)106-43-85(69(97)53(45(5)10-2)39-61(88)58-23-15-17-31-84(58)8)59(44(3)4)35-47(7)68-79-56(41-107-68)67(96)77-51(37-49-25-27-52(86)28-26-49)34-46(6)65(94)82-83-74(104)105-32-33-108-109-42-57(71(100)101)78-66(95)50(36-48-20-12-11-13-21-48)38-60(87)55(40-63(91)92)81-73(103)75-29-16-14-22-54(70(98)99)80-72(102)76-30-18-24-62(89)90/h11-13,20-21,25-28,41,44-47,50-51,53-55,57-59,86H,9-10,14-19,22-24,29-40,42-43H2,1-8H3,(H,77,96)(H,78,95)(H,82,94)(H,83,104)(H,89,90)(H,91,92)(H,98,99)(H,100,101)(H2,75,81,103)(H2,76,80,102)/t45?,46-,47+,50+,51+,53-,54-,55-,57-,58+,59+/m0/s1. The van der Waals surface area contributed by atoms with Gasteiger partial charge < -0.3 is 71.8 Å². The number of hydrogen-bond donors (Lipinski definition) is 13. The van der Waals surface area contributed by atoms with Gasteiger partial charge in [-0.25, -0.2) is 34.4 Å². The number of phenolic OH excluding ortho intramolecular Hbond substituents is 1. The number of phenols is 1. The third kappa shape index (κ3) is 34.6. The molecular formula is C74H109N11O21S3. The van der Waals surface area contributed by atoms with Crippen LogP contribution in [0.5, 0.6) is 5.75 Å². The highest BCUT2D eigenvalue weighted by molar-refractivity contribution is 8.76. The molecule has 109 heavy (non-hydrogen) atoms. The highest BCUT2D eigenvalue weighted by atomic mass is 33.1. The first-order valence-corrected chi connectivity index (χ1v) is 40.2. The SMILES string of the molecule is CCCC(=O)OCN(C(=O)[C@@H](CC(=O)[C@H]1CCCCN1C)C(C)CC)[C@H](C[C@@H](C)c1nc(C(=O)N[C@@H](Cc2ccc(O)cc2)C[C@H](C)C(=O)NNC(=O)OCCSSC[C@H](NC(=O)[C@@H](CC(=O)[C@H](CC(=O)O)NC(=O)NCCCC[C@H](NC(=O)NCCCC(=O)O)C(=O)O)Cc2ccccc2)C(=O)O)cs1)C(C)C. The number of likely N-dealkylation sites (N-methyl/N-ethyl adjacent to an activating group) is 1. The molecule has 1 fully saturated rings. The quantitative estimate of drug-likeness (QED) is 0.00859. The molecule has 1 aliphatic rings. The number of carboxylic acids is 4. The summed E-state index contributed by atoms with van der Waals surface area (Å²) in [7, 11) is 4.04. The van der Waals surface area contributed by atoms with Gasteiger partial charge in [0.15, 0.2) is 18.3 Å². The maximum atomic E-state index is 15.0. The van der Waals surface area contributed by atoms with Crippen molar-refractivity contribution < 1.29 is 102 Å². The Balaban J connectivity index is 1.31. The van der Waals surface area contributed by atoms with Gasteiger partial charge in [0.1, 0.15) is 30.1 Å². The first kappa shape index (κ1) is 92.3. The minimum atomic E-state index is -1.64. The average Bonchev–Trinajstić information content (AvgIpc) is 1.69. The molecule has 1 unspecified atom stereocenters. The van der Waals surface area contributed by atoms with E-state index in [0.29, 0.717) is 29.8 Å². The predicted molar refractivity (Wildman–Crippen MR) is 408 cm³/mol. The summed E-state index contributed by atoms with van der Waals surface area (Å²) >= 11 is 1.27. The number of hydrogen-bond acceptors (Lipinski definition) is 22.